The first kappa shape index (κ1) is 7.54. The van der Waals surface area contributed by atoms with Crippen molar-refractivity contribution < 1.29 is 0 Å². The zero-order chi connectivity index (χ0) is 6.08. The van der Waals surface area contributed by atoms with Crippen molar-refractivity contribution in [1.29, 1.82) is 0 Å². The maximum Gasteiger partial charge on any atom is 0.0989 e. The molecule has 0 spiro atoms. The van der Waals surface area contributed by atoms with Gasteiger partial charge in [-0.05, 0) is 13.8 Å². The highest BCUT2D eigenvalue weighted by atomic mass is 35.5. The maximum atomic E-state index is 5.61. The summed E-state index contributed by atoms with van der Waals surface area (Å²) >= 11 is 11.0. The minimum absolute atomic E-state index is 0.464. The summed E-state index contributed by atoms with van der Waals surface area (Å²) in [4.78, 5) is -0.485. The van der Waals surface area contributed by atoms with Crippen molar-refractivity contribution >= 4 is 23.2 Å². The van der Waals surface area contributed by atoms with Crippen molar-refractivity contribution in [2.24, 2.45) is 5.73 Å². The van der Waals surface area contributed by atoms with Crippen LogP contribution in [0.25, 0.3) is 0 Å². The normalized spacial score (nSPS) is 16.7. The van der Waals surface area contributed by atoms with E-state index in [9.17, 15) is 0 Å². The van der Waals surface area contributed by atoms with Gasteiger partial charge in [0.05, 0.1) is 10.4 Å². The van der Waals surface area contributed by atoms with Crippen LogP contribution in [-0.4, -0.2) is 10.4 Å². The van der Waals surface area contributed by atoms with Crippen LogP contribution >= 0.6 is 23.2 Å². The molecule has 0 saturated carbocycles. The summed E-state index contributed by atoms with van der Waals surface area (Å²) in [7, 11) is 0. The van der Waals surface area contributed by atoms with E-state index in [1.54, 1.807) is 13.8 Å². The summed E-state index contributed by atoms with van der Waals surface area (Å²) in [5, 5.41) is 0. The second-order valence-electron chi connectivity index (χ2n) is 1.97. The van der Waals surface area contributed by atoms with Crippen LogP contribution in [0.15, 0.2) is 0 Å². The van der Waals surface area contributed by atoms with Gasteiger partial charge >= 0.3 is 0 Å². The molecule has 0 fully saturated rings. The average molecular weight is 142 g/mol. The first-order valence-corrected chi connectivity index (χ1v) is 2.84. The molecule has 0 amide bonds. The molecule has 44 valence electrons. The first-order valence-electron chi connectivity index (χ1n) is 2.03. The Labute approximate surface area is 53.8 Å². The molecule has 7 heavy (non-hydrogen) atoms. The van der Waals surface area contributed by atoms with Gasteiger partial charge in [0.1, 0.15) is 0 Å². The highest BCUT2D eigenvalue weighted by molar-refractivity contribution is 6.31. The Bertz CT molecular complexity index is 55.2. The Hall–Kier alpha value is 0.540. The third kappa shape index (κ3) is 3.15. The molecule has 0 aromatic rings. The largest absolute Gasteiger partial charge is 0.314 e. The fourth-order valence-corrected chi connectivity index (χ4v) is 0. The molecule has 0 bridgehead atoms. The molecule has 0 heterocycles. The van der Waals surface area contributed by atoms with Gasteiger partial charge in [0.2, 0.25) is 0 Å². The van der Waals surface area contributed by atoms with Gasteiger partial charge in [-0.3, -0.25) is 0 Å². The lowest BCUT2D eigenvalue weighted by atomic mass is 10.2. The van der Waals surface area contributed by atoms with E-state index in [0.717, 1.165) is 0 Å². The van der Waals surface area contributed by atoms with Gasteiger partial charge in [-0.25, -0.2) is 0 Å². The van der Waals surface area contributed by atoms with Crippen molar-refractivity contribution in [1.82, 2.24) is 0 Å². The average Bonchev–Trinajstić information content (AvgIpc) is 1.31. The second-order valence-corrected chi connectivity index (χ2v) is 3.41. The van der Waals surface area contributed by atoms with E-state index in [-0.39, 0.29) is 0 Å². The molecular weight excluding hydrogens is 133 g/mol. The molecule has 1 unspecified atom stereocenters. The molecular formula is C4H9Cl2N. The van der Waals surface area contributed by atoms with Crippen LogP contribution in [0.5, 0.6) is 0 Å². The zero-order valence-electron chi connectivity index (χ0n) is 4.41. The molecule has 0 aromatic carbocycles. The number of nitrogens with two attached hydrogens (primary N) is 1. The van der Waals surface area contributed by atoms with Gasteiger partial charge in [-0.2, -0.15) is 0 Å². The predicted molar refractivity (Wildman–Crippen MR) is 33.8 cm³/mol. The fraction of sp³-hybridized carbons (Fsp3) is 1.00. The Morgan fingerprint density at radius 1 is 1.57 bits per heavy atom. The SMILES string of the molecule is CC(C)(Cl)C(N)Cl. The van der Waals surface area contributed by atoms with Crippen LogP contribution < -0.4 is 5.73 Å². The Morgan fingerprint density at radius 3 is 1.71 bits per heavy atom. The van der Waals surface area contributed by atoms with Crippen LogP contribution in [0.3, 0.4) is 0 Å². The van der Waals surface area contributed by atoms with E-state index in [4.69, 9.17) is 28.9 Å². The topological polar surface area (TPSA) is 26.0 Å². The quantitative estimate of drug-likeness (QED) is 0.436. The van der Waals surface area contributed by atoms with Gasteiger partial charge in [-0.1, -0.05) is 0 Å². The molecule has 0 aromatic heterocycles. The highest BCUT2D eigenvalue weighted by Crippen LogP contribution is 2.18. The van der Waals surface area contributed by atoms with Crippen LogP contribution in [0.2, 0.25) is 0 Å². The van der Waals surface area contributed by atoms with E-state index < -0.39 is 10.4 Å². The van der Waals surface area contributed by atoms with Gasteiger partial charge in [0, 0.05) is 0 Å². The molecule has 0 aliphatic heterocycles. The summed E-state index contributed by atoms with van der Waals surface area (Å²) < 4.78 is 0. The lowest BCUT2D eigenvalue weighted by molar-refractivity contribution is 0.660. The molecule has 0 saturated heterocycles. The van der Waals surface area contributed by atoms with E-state index in [1.807, 2.05) is 0 Å². The van der Waals surface area contributed by atoms with E-state index in [1.165, 1.54) is 0 Å². The third-order valence-electron chi connectivity index (χ3n) is 0.656. The number of alkyl halides is 2. The zero-order valence-corrected chi connectivity index (χ0v) is 5.92. The first-order chi connectivity index (χ1) is 2.94. The Balaban J connectivity index is 3.54. The second kappa shape index (κ2) is 2.21. The van der Waals surface area contributed by atoms with Crippen molar-refractivity contribution in [3.8, 4) is 0 Å². The molecule has 0 radical (unpaired) electrons. The van der Waals surface area contributed by atoms with Crippen LogP contribution in [-0.2, 0) is 0 Å². The number of halogens is 2. The van der Waals surface area contributed by atoms with Crippen molar-refractivity contribution in [2.45, 2.75) is 24.2 Å². The monoisotopic (exact) mass is 141 g/mol. The maximum absolute atomic E-state index is 5.61. The van der Waals surface area contributed by atoms with Crippen molar-refractivity contribution in [2.75, 3.05) is 0 Å². The molecule has 1 atom stereocenters. The van der Waals surface area contributed by atoms with Gasteiger partial charge < -0.3 is 5.73 Å². The summed E-state index contributed by atoms with van der Waals surface area (Å²) in [5.74, 6) is 0. The van der Waals surface area contributed by atoms with Crippen LogP contribution in [0.4, 0.5) is 0 Å². The molecule has 1 nitrogen and oxygen atoms in total. The number of hydrogen-bond donors (Lipinski definition) is 1. The molecule has 0 aliphatic rings. The molecule has 2 N–H and O–H groups in total. The van der Waals surface area contributed by atoms with Gasteiger partial charge in [0.15, 0.2) is 0 Å². The van der Waals surface area contributed by atoms with Crippen LogP contribution in [0.1, 0.15) is 13.8 Å². The van der Waals surface area contributed by atoms with Gasteiger partial charge in [0.25, 0.3) is 0 Å². The standard InChI is InChI=1S/C4H9Cl2N/c1-4(2,6)3(5)7/h3H,7H2,1-2H3. The third-order valence-corrected chi connectivity index (χ3v) is 1.55. The lowest BCUT2D eigenvalue weighted by Crippen LogP contribution is -2.32. The van der Waals surface area contributed by atoms with E-state index in [2.05, 4.69) is 0 Å². The van der Waals surface area contributed by atoms with Crippen LogP contribution in [0, 0.1) is 0 Å². The van der Waals surface area contributed by atoms with Crippen molar-refractivity contribution in [3.05, 3.63) is 0 Å². The number of rotatable bonds is 1. The minimum Gasteiger partial charge on any atom is -0.314 e. The summed E-state index contributed by atoms with van der Waals surface area (Å²) in [6, 6.07) is 0. The molecule has 3 heteroatoms. The smallest absolute Gasteiger partial charge is 0.0989 e. The Morgan fingerprint density at radius 2 is 1.71 bits per heavy atom. The highest BCUT2D eigenvalue weighted by Gasteiger charge is 2.19. The van der Waals surface area contributed by atoms with E-state index >= 15 is 0 Å². The molecule has 0 rings (SSSR count). The number of hydrogen-bond acceptors (Lipinski definition) is 1. The van der Waals surface area contributed by atoms with E-state index in [0.29, 0.717) is 0 Å². The minimum atomic E-state index is -0.485. The lowest BCUT2D eigenvalue weighted by Gasteiger charge is -2.17. The van der Waals surface area contributed by atoms with Gasteiger partial charge in [-0.15, -0.1) is 23.2 Å². The summed E-state index contributed by atoms with van der Waals surface area (Å²) in [6.07, 6.45) is 0. The summed E-state index contributed by atoms with van der Waals surface area (Å²) in [6.45, 7) is 3.54. The predicted octanol–water partition coefficient (Wildman–Crippen LogP) is 1.53. The fourth-order valence-electron chi connectivity index (χ4n) is 0. The molecule has 0 aliphatic carbocycles. The summed E-state index contributed by atoms with van der Waals surface area (Å²) in [5.41, 5.74) is 4.74. The van der Waals surface area contributed by atoms with Crippen molar-refractivity contribution in [3.63, 3.8) is 0 Å². The Kier molecular flexibility index (Phi) is 2.38.